The van der Waals surface area contributed by atoms with E-state index in [1.807, 2.05) is 12.1 Å². The van der Waals surface area contributed by atoms with E-state index in [1.54, 1.807) is 14.1 Å². The summed E-state index contributed by atoms with van der Waals surface area (Å²) in [6.45, 7) is 0.416. The van der Waals surface area contributed by atoms with Gasteiger partial charge in [0.1, 0.15) is 0 Å². The third kappa shape index (κ3) is 3.82. The fraction of sp³-hybridized carbons (Fsp3) is 0.467. The van der Waals surface area contributed by atoms with Crippen molar-refractivity contribution in [3.8, 4) is 0 Å². The highest BCUT2D eigenvalue weighted by Gasteiger charge is 2.43. The molecule has 2 atom stereocenters. The van der Waals surface area contributed by atoms with Gasteiger partial charge >= 0.3 is 0 Å². The SMILES string of the molecule is CN(C)C(=O)CCNC(=O)[C@H]1C[C@H]1c1ccc(Br)cc1. The summed E-state index contributed by atoms with van der Waals surface area (Å²) in [6.07, 6.45) is 1.25. The second kappa shape index (κ2) is 6.39. The topological polar surface area (TPSA) is 49.4 Å². The first kappa shape index (κ1) is 15.0. The summed E-state index contributed by atoms with van der Waals surface area (Å²) in [5.74, 6) is 0.480. The summed E-state index contributed by atoms with van der Waals surface area (Å²) >= 11 is 3.40. The fourth-order valence-electron chi connectivity index (χ4n) is 2.21. The molecular formula is C15H19BrN2O2. The number of carbonyl (C=O) groups excluding carboxylic acids is 2. The van der Waals surface area contributed by atoms with Crippen LogP contribution >= 0.6 is 15.9 Å². The Labute approximate surface area is 127 Å². The maximum absolute atomic E-state index is 12.0. The van der Waals surface area contributed by atoms with E-state index >= 15 is 0 Å². The molecule has 0 radical (unpaired) electrons. The van der Waals surface area contributed by atoms with E-state index in [4.69, 9.17) is 0 Å². The number of benzene rings is 1. The zero-order valence-corrected chi connectivity index (χ0v) is 13.3. The Balaban J connectivity index is 1.76. The zero-order chi connectivity index (χ0) is 14.7. The molecule has 1 saturated carbocycles. The Morgan fingerprint density at radius 1 is 1.30 bits per heavy atom. The zero-order valence-electron chi connectivity index (χ0n) is 11.7. The average Bonchev–Trinajstić information content (AvgIpc) is 3.19. The number of amides is 2. The third-order valence-corrected chi connectivity index (χ3v) is 4.09. The van der Waals surface area contributed by atoms with Gasteiger partial charge in [-0.2, -0.15) is 0 Å². The first-order valence-electron chi connectivity index (χ1n) is 6.72. The normalized spacial score (nSPS) is 20.4. The maximum atomic E-state index is 12.0. The van der Waals surface area contributed by atoms with Crippen LogP contribution in [-0.2, 0) is 9.59 Å². The third-order valence-electron chi connectivity index (χ3n) is 3.56. The van der Waals surface area contributed by atoms with Crippen LogP contribution in [0.3, 0.4) is 0 Å². The van der Waals surface area contributed by atoms with Gasteiger partial charge in [0, 0.05) is 37.5 Å². The number of nitrogens with one attached hydrogen (secondary N) is 1. The molecular weight excluding hydrogens is 320 g/mol. The minimum Gasteiger partial charge on any atom is -0.355 e. The van der Waals surface area contributed by atoms with Crippen molar-refractivity contribution in [3.05, 3.63) is 34.3 Å². The molecule has 2 amide bonds. The molecule has 0 saturated heterocycles. The highest BCUT2D eigenvalue weighted by atomic mass is 79.9. The second-order valence-electron chi connectivity index (χ2n) is 5.33. The molecule has 0 unspecified atom stereocenters. The summed E-state index contributed by atoms with van der Waals surface area (Å²) in [5, 5.41) is 2.85. The Kier molecular flexibility index (Phi) is 4.81. The van der Waals surface area contributed by atoms with Gasteiger partial charge in [-0.3, -0.25) is 9.59 Å². The van der Waals surface area contributed by atoms with Crippen LogP contribution in [0, 0.1) is 5.92 Å². The van der Waals surface area contributed by atoms with Gasteiger partial charge in [-0.25, -0.2) is 0 Å². The number of hydrogen-bond acceptors (Lipinski definition) is 2. The van der Waals surface area contributed by atoms with E-state index in [0.717, 1.165) is 10.9 Å². The Morgan fingerprint density at radius 3 is 2.55 bits per heavy atom. The van der Waals surface area contributed by atoms with Crippen LogP contribution in [0.2, 0.25) is 0 Å². The lowest BCUT2D eigenvalue weighted by molar-refractivity contribution is -0.128. The van der Waals surface area contributed by atoms with E-state index in [-0.39, 0.29) is 17.7 Å². The van der Waals surface area contributed by atoms with Gasteiger partial charge in [0.25, 0.3) is 0 Å². The molecule has 1 aliphatic rings. The van der Waals surface area contributed by atoms with Crippen LogP contribution < -0.4 is 5.32 Å². The fourth-order valence-corrected chi connectivity index (χ4v) is 2.47. The van der Waals surface area contributed by atoms with E-state index in [1.165, 1.54) is 10.5 Å². The second-order valence-corrected chi connectivity index (χ2v) is 6.25. The molecule has 1 aromatic rings. The van der Waals surface area contributed by atoms with Crippen LogP contribution in [0.1, 0.15) is 24.3 Å². The molecule has 0 aliphatic heterocycles. The number of hydrogen-bond donors (Lipinski definition) is 1. The molecule has 0 heterocycles. The van der Waals surface area contributed by atoms with Crippen LogP contribution in [-0.4, -0.2) is 37.4 Å². The molecule has 5 heteroatoms. The minimum atomic E-state index is 0.0329. The summed E-state index contributed by atoms with van der Waals surface area (Å²) in [6, 6.07) is 8.10. The predicted molar refractivity (Wildman–Crippen MR) is 81.3 cm³/mol. The lowest BCUT2D eigenvalue weighted by Gasteiger charge is -2.10. The molecule has 108 valence electrons. The first-order chi connectivity index (χ1) is 9.49. The number of halogens is 1. The summed E-state index contributed by atoms with van der Waals surface area (Å²) < 4.78 is 1.05. The Bertz CT molecular complexity index is 499. The molecule has 20 heavy (non-hydrogen) atoms. The van der Waals surface area contributed by atoms with Crippen molar-refractivity contribution < 1.29 is 9.59 Å². The van der Waals surface area contributed by atoms with Crippen molar-refractivity contribution in [1.82, 2.24) is 10.2 Å². The molecule has 1 fully saturated rings. The Morgan fingerprint density at radius 2 is 1.95 bits per heavy atom. The van der Waals surface area contributed by atoms with Crippen LogP contribution in [0.15, 0.2) is 28.7 Å². The standard InChI is InChI=1S/C15H19BrN2O2/c1-18(2)14(19)7-8-17-15(20)13-9-12(13)10-3-5-11(16)6-4-10/h3-6,12-13H,7-9H2,1-2H3,(H,17,20)/t12-,13-/m0/s1. The van der Waals surface area contributed by atoms with Crippen molar-refractivity contribution >= 4 is 27.7 Å². The highest BCUT2D eigenvalue weighted by molar-refractivity contribution is 9.10. The molecule has 0 bridgehead atoms. The molecule has 1 aromatic carbocycles. The number of nitrogens with zero attached hydrogens (tertiary/aromatic N) is 1. The Hall–Kier alpha value is -1.36. The van der Waals surface area contributed by atoms with Crippen molar-refractivity contribution in [2.45, 2.75) is 18.8 Å². The van der Waals surface area contributed by atoms with Crippen molar-refractivity contribution in [3.63, 3.8) is 0 Å². The number of rotatable bonds is 5. The minimum absolute atomic E-state index is 0.0329. The monoisotopic (exact) mass is 338 g/mol. The van der Waals surface area contributed by atoms with E-state index in [9.17, 15) is 9.59 Å². The van der Waals surface area contributed by atoms with Gasteiger partial charge in [0.2, 0.25) is 11.8 Å². The van der Waals surface area contributed by atoms with Crippen molar-refractivity contribution in [1.29, 1.82) is 0 Å². The molecule has 0 aromatic heterocycles. The van der Waals surface area contributed by atoms with E-state index < -0.39 is 0 Å². The predicted octanol–water partition coefficient (Wildman–Crippen LogP) is 2.15. The quantitative estimate of drug-likeness (QED) is 0.894. The molecule has 4 nitrogen and oxygen atoms in total. The lowest BCUT2D eigenvalue weighted by Crippen LogP contribution is -2.31. The van der Waals surface area contributed by atoms with Crippen LogP contribution in [0.5, 0.6) is 0 Å². The van der Waals surface area contributed by atoms with E-state index in [2.05, 4.69) is 33.4 Å². The van der Waals surface area contributed by atoms with Gasteiger partial charge < -0.3 is 10.2 Å². The number of carbonyl (C=O) groups is 2. The average molecular weight is 339 g/mol. The molecule has 1 aliphatic carbocycles. The molecule has 1 N–H and O–H groups in total. The van der Waals surface area contributed by atoms with Crippen LogP contribution in [0.4, 0.5) is 0 Å². The maximum Gasteiger partial charge on any atom is 0.223 e. The van der Waals surface area contributed by atoms with Crippen LogP contribution in [0.25, 0.3) is 0 Å². The van der Waals surface area contributed by atoms with Gasteiger partial charge in [-0.05, 0) is 30.0 Å². The highest BCUT2D eigenvalue weighted by Crippen LogP contribution is 2.47. The summed E-state index contributed by atoms with van der Waals surface area (Å²) in [4.78, 5) is 24.9. The smallest absolute Gasteiger partial charge is 0.223 e. The lowest BCUT2D eigenvalue weighted by atomic mass is 10.1. The largest absolute Gasteiger partial charge is 0.355 e. The van der Waals surface area contributed by atoms with Gasteiger partial charge in [0.15, 0.2) is 0 Å². The van der Waals surface area contributed by atoms with Gasteiger partial charge in [-0.1, -0.05) is 28.1 Å². The molecule has 0 spiro atoms. The summed E-state index contributed by atoms with van der Waals surface area (Å²) in [7, 11) is 3.43. The van der Waals surface area contributed by atoms with Gasteiger partial charge in [0.05, 0.1) is 0 Å². The van der Waals surface area contributed by atoms with Gasteiger partial charge in [-0.15, -0.1) is 0 Å². The van der Waals surface area contributed by atoms with E-state index in [0.29, 0.717) is 18.9 Å². The van der Waals surface area contributed by atoms with Crippen molar-refractivity contribution in [2.24, 2.45) is 5.92 Å². The van der Waals surface area contributed by atoms with Crippen molar-refractivity contribution in [2.75, 3.05) is 20.6 Å². The molecule has 2 rings (SSSR count). The first-order valence-corrected chi connectivity index (χ1v) is 7.51. The summed E-state index contributed by atoms with van der Waals surface area (Å²) in [5.41, 5.74) is 1.21.